The van der Waals surface area contributed by atoms with E-state index in [9.17, 15) is 9.59 Å². The van der Waals surface area contributed by atoms with Crippen molar-refractivity contribution in [2.75, 3.05) is 0 Å². The molecule has 0 bridgehead atoms. The third-order valence-corrected chi connectivity index (χ3v) is 7.72. The minimum Gasteiger partial charge on any atom is -0.422 e. The number of carbonyl (C=O) groups is 2. The molecular formula is C34H23BrClN3O3. The lowest BCUT2D eigenvalue weighted by Gasteiger charge is -2.09. The molecule has 0 fully saturated rings. The number of ether oxygens (including phenoxy) is 1. The van der Waals surface area contributed by atoms with Crippen LogP contribution in [0.25, 0.3) is 32.8 Å². The molecule has 1 amide bonds. The van der Waals surface area contributed by atoms with Crippen molar-refractivity contribution in [1.82, 2.24) is 10.4 Å². The quantitative estimate of drug-likeness (QED) is 0.0830. The zero-order valence-corrected chi connectivity index (χ0v) is 24.7. The highest BCUT2D eigenvalue weighted by Crippen LogP contribution is 2.39. The van der Waals surface area contributed by atoms with Crippen LogP contribution in [0.15, 0.2) is 113 Å². The summed E-state index contributed by atoms with van der Waals surface area (Å²) < 4.78 is 6.41. The van der Waals surface area contributed by atoms with E-state index in [-0.39, 0.29) is 0 Å². The van der Waals surface area contributed by atoms with E-state index in [0.717, 1.165) is 37.3 Å². The molecule has 5 aromatic carbocycles. The van der Waals surface area contributed by atoms with E-state index in [2.05, 4.69) is 31.4 Å². The number of rotatable bonds is 6. The van der Waals surface area contributed by atoms with E-state index in [4.69, 9.17) is 16.3 Å². The number of H-pyrrole nitrogens is 1. The zero-order valence-electron chi connectivity index (χ0n) is 22.3. The second-order valence-corrected chi connectivity index (χ2v) is 11.0. The van der Waals surface area contributed by atoms with Gasteiger partial charge in [0.2, 0.25) is 0 Å². The van der Waals surface area contributed by atoms with Crippen molar-refractivity contribution in [1.29, 1.82) is 0 Å². The van der Waals surface area contributed by atoms with Gasteiger partial charge in [-0.05, 0) is 48.7 Å². The molecule has 0 radical (unpaired) electrons. The Labute approximate surface area is 255 Å². The first-order valence-electron chi connectivity index (χ1n) is 13.1. The number of benzene rings is 5. The minimum absolute atomic E-state index is 0.301. The topological polar surface area (TPSA) is 83.5 Å². The molecule has 0 unspecified atom stereocenters. The first kappa shape index (κ1) is 27.4. The van der Waals surface area contributed by atoms with Crippen molar-refractivity contribution >= 4 is 67.3 Å². The fraction of sp³-hybridized carbons (Fsp3) is 0.0294. The zero-order chi connectivity index (χ0) is 29.2. The normalized spacial score (nSPS) is 11.3. The number of nitrogens with one attached hydrogen (secondary N) is 2. The smallest absolute Gasteiger partial charge is 0.343 e. The predicted molar refractivity (Wildman–Crippen MR) is 172 cm³/mol. The van der Waals surface area contributed by atoms with Crippen LogP contribution in [-0.2, 0) is 0 Å². The summed E-state index contributed by atoms with van der Waals surface area (Å²) in [6.07, 6.45) is 1.44. The third-order valence-electron chi connectivity index (χ3n) is 6.90. The van der Waals surface area contributed by atoms with Crippen LogP contribution in [-0.4, -0.2) is 23.1 Å². The Balaban J connectivity index is 1.33. The van der Waals surface area contributed by atoms with Crippen LogP contribution >= 0.6 is 27.5 Å². The van der Waals surface area contributed by atoms with Gasteiger partial charge in [0, 0.05) is 37.0 Å². The second kappa shape index (κ2) is 11.6. The van der Waals surface area contributed by atoms with E-state index >= 15 is 0 Å². The number of nitrogens with zero attached hydrogens (tertiary/aromatic N) is 1. The van der Waals surface area contributed by atoms with Crippen molar-refractivity contribution in [3.8, 4) is 16.9 Å². The first-order valence-corrected chi connectivity index (χ1v) is 14.3. The van der Waals surface area contributed by atoms with Gasteiger partial charge in [-0.3, -0.25) is 4.79 Å². The number of amides is 1. The number of aryl methyl sites for hydroxylation is 1. The number of halogens is 2. The Hall–Kier alpha value is -4.72. The van der Waals surface area contributed by atoms with Gasteiger partial charge in [0.15, 0.2) is 0 Å². The fourth-order valence-electron chi connectivity index (χ4n) is 4.83. The van der Waals surface area contributed by atoms with E-state index in [1.54, 1.807) is 36.4 Å². The lowest BCUT2D eigenvalue weighted by atomic mass is 9.99. The molecule has 1 heterocycles. The van der Waals surface area contributed by atoms with Gasteiger partial charge < -0.3 is 9.72 Å². The monoisotopic (exact) mass is 635 g/mol. The Morgan fingerprint density at radius 2 is 1.67 bits per heavy atom. The Kier molecular flexibility index (Phi) is 7.61. The Bertz CT molecular complexity index is 2020. The van der Waals surface area contributed by atoms with Crippen LogP contribution in [0, 0.1) is 6.92 Å². The second-order valence-electron chi connectivity index (χ2n) is 9.70. The summed E-state index contributed by atoms with van der Waals surface area (Å²) in [5, 5.41) is 7.64. The number of fused-ring (bicyclic) bond motifs is 3. The molecule has 8 heteroatoms. The number of esters is 1. The molecule has 0 aliphatic rings. The number of aromatic nitrogens is 1. The summed E-state index contributed by atoms with van der Waals surface area (Å²) in [7, 11) is 0. The van der Waals surface area contributed by atoms with Crippen molar-refractivity contribution in [3.05, 3.63) is 135 Å². The van der Waals surface area contributed by atoms with Crippen molar-refractivity contribution in [2.45, 2.75) is 6.92 Å². The maximum absolute atomic E-state index is 13.6. The molecule has 6 rings (SSSR count). The van der Waals surface area contributed by atoms with Gasteiger partial charge in [-0.25, -0.2) is 10.2 Å². The van der Waals surface area contributed by atoms with E-state index < -0.39 is 11.9 Å². The SMILES string of the molecule is Cc1ccc(C(=O)Oc2ccc(Br)cc2C=NNC(=O)c2[nH]c3c(ccc4ccccc43)c2-c2ccccc2Cl)cc1. The molecule has 6 aromatic rings. The minimum atomic E-state index is -0.495. The summed E-state index contributed by atoms with van der Waals surface area (Å²) in [5.74, 6) is -0.643. The number of hydrogen-bond donors (Lipinski definition) is 2. The Morgan fingerprint density at radius 1 is 0.905 bits per heavy atom. The number of hydrogen-bond acceptors (Lipinski definition) is 4. The van der Waals surface area contributed by atoms with Crippen LogP contribution in [0.5, 0.6) is 5.75 Å². The van der Waals surface area contributed by atoms with E-state index in [1.807, 2.05) is 73.7 Å². The van der Waals surface area contributed by atoms with Crippen molar-refractivity contribution in [2.24, 2.45) is 5.10 Å². The first-order chi connectivity index (χ1) is 20.4. The standard InChI is InChI=1S/C34H23BrClN3O3/c1-20-10-12-22(13-11-20)34(41)42-29-17-15-24(35)18-23(29)19-37-39-33(40)32-30(26-8-4-5-9-28(26)36)27-16-14-21-6-2-3-7-25(21)31(27)38-32/h2-19,38H,1H3,(H,39,40). The molecule has 2 N–H and O–H groups in total. The number of hydrazone groups is 1. The molecule has 6 nitrogen and oxygen atoms in total. The lowest BCUT2D eigenvalue weighted by Crippen LogP contribution is -2.19. The summed E-state index contributed by atoms with van der Waals surface area (Å²) in [6, 6.07) is 31.7. The van der Waals surface area contributed by atoms with E-state index in [1.165, 1.54) is 6.21 Å². The van der Waals surface area contributed by atoms with Gasteiger partial charge in [0.25, 0.3) is 5.91 Å². The summed E-state index contributed by atoms with van der Waals surface area (Å²) in [6.45, 7) is 1.95. The summed E-state index contributed by atoms with van der Waals surface area (Å²) in [5.41, 5.74) is 7.16. The third kappa shape index (κ3) is 5.44. The van der Waals surface area contributed by atoms with Crippen molar-refractivity contribution < 1.29 is 14.3 Å². The molecule has 0 atom stereocenters. The fourth-order valence-corrected chi connectivity index (χ4v) is 5.44. The van der Waals surface area contributed by atoms with Crippen LogP contribution in [0.3, 0.4) is 0 Å². The molecule has 1 aromatic heterocycles. The van der Waals surface area contributed by atoms with Gasteiger partial charge in [0.1, 0.15) is 11.4 Å². The molecule has 42 heavy (non-hydrogen) atoms. The highest BCUT2D eigenvalue weighted by molar-refractivity contribution is 9.10. The predicted octanol–water partition coefficient (Wildman–Crippen LogP) is 8.70. The number of aromatic amines is 1. The summed E-state index contributed by atoms with van der Waals surface area (Å²) in [4.78, 5) is 29.7. The maximum Gasteiger partial charge on any atom is 0.343 e. The average molecular weight is 637 g/mol. The summed E-state index contributed by atoms with van der Waals surface area (Å²) >= 11 is 10.0. The van der Waals surface area contributed by atoms with Crippen molar-refractivity contribution in [3.63, 3.8) is 0 Å². The number of carbonyl (C=O) groups excluding carboxylic acids is 2. The molecule has 0 saturated heterocycles. The highest BCUT2D eigenvalue weighted by atomic mass is 79.9. The van der Waals surface area contributed by atoms with Gasteiger partial charge in [-0.15, -0.1) is 0 Å². The molecule has 0 aliphatic carbocycles. The van der Waals surface area contributed by atoms with Gasteiger partial charge >= 0.3 is 5.97 Å². The van der Waals surface area contributed by atoms with Crippen LogP contribution in [0.2, 0.25) is 5.02 Å². The molecule has 0 spiro atoms. The molecule has 206 valence electrons. The molecule has 0 saturated carbocycles. The molecular weight excluding hydrogens is 614 g/mol. The Morgan fingerprint density at radius 3 is 2.48 bits per heavy atom. The van der Waals surface area contributed by atoms with Gasteiger partial charge in [-0.1, -0.05) is 99.8 Å². The van der Waals surface area contributed by atoms with Gasteiger partial charge in [0.05, 0.1) is 17.3 Å². The molecule has 0 aliphatic heterocycles. The largest absolute Gasteiger partial charge is 0.422 e. The van der Waals surface area contributed by atoms with Crippen LogP contribution in [0.1, 0.15) is 32.0 Å². The highest BCUT2D eigenvalue weighted by Gasteiger charge is 2.22. The average Bonchev–Trinajstić information content (AvgIpc) is 3.39. The van der Waals surface area contributed by atoms with Crippen LogP contribution < -0.4 is 10.2 Å². The van der Waals surface area contributed by atoms with Gasteiger partial charge in [-0.2, -0.15) is 5.10 Å². The lowest BCUT2D eigenvalue weighted by molar-refractivity contribution is 0.0734. The maximum atomic E-state index is 13.6. The van der Waals surface area contributed by atoms with E-state index in [0.29, 0.717) is 33.2 Å². The van der Waals surface area contributed by atoms with Crippen LogP contribution in [0.4, 0.5) is 0 Å².